The van der Waals surface area contributed by atoms with E-state index in [4.69, 9.17) is 9.47 Å². The first-order valence-corrected chi connectivity index (χ1v) is 10.7. The average Bonchev–Trinajstić information content (AvgIpc) is 2.78. The van der Waals surface area contributed by atoms with E-state index in [1.54, 1.807) is 6.21 Å². The predicted octanol–water partition coefficient (Wildman–Crippen LogP) is 5.53. The minimum Gasteiger partial charge on any atom is -0.489 e. The van der Waals surface area contributed by atoms with E-state index < -0.39 is 0 Å². The van der Waals surface area contributed by atoms with Gasteiger partial charge in [0.25, 0.3) is 5.91 Å². The third-order valence-electron chi connectivity index (χ3n) is 5.04. The molecule has 166 valence electrons. The zero-order valence-electron chi connectivity index (χ0n) is 19.1. The highest BCUT2D eigenvalue weighted by Crippen LogP contribution is 2.23. The van der Waals surface area contributed by atoms with Crippen molar-refractivity contribution < 1.29 is 14.3 Å². The van der Waals surface area contributed by atoms with Gasteiger partial charge < -0.3 is 9.47 Å². The Morgan fingerprint density at radius 1 is 0.938 bits per heavy atom. The summed E-state index contributed by atoms with van der Waals surface area (Å²) in [7, 11) is 0. The predicted molar refractivity (Wildman–Crippen MR) is 128 cm³/mol. The van der Waals surface area contributed by atoms with Gasteiger partial charge in [-0.1, -0.05) is 49.7 Å². The maximum atomic E-state index is 12.0. The number of hydrogen-bond acceptors (Lipinski definition) is 4. The molecule has 0 radical (unpaired) electrons. The van der Waals surface area contributed by atoms with Gasteiger partial charge in [0.1, 0.15) is 18.1 Å². The van der Waals surface area contributed by atoms with Crippen LogP contribution in [0.25, 0.3) is 0 Å². The van der Waals surface area contributed by atoms with E-state index in [1.807, 2.05) is 49.4 Å². The van der Waals surface area contributed by atoms with Crippen LogP contribution in [0.2, 0.25) is 0 Å². The summed E-state index contributed by atoms with van der Waals surface area (Å²) in [6.07, 6.45) is 1.59. The molecule has 0 aliphatic heterocycles. The lowest BCUT2D eigenvalue weighted by Gasteiger charge is -2.12. The van der Waals surface area contributed by atoms with Crippen LogP contribution in [0.1, 0.15) is 47.6 Å². The summed E-state index contributed by atoms with van der Waals surface area (Å²) in [4.78, 5) is 12.0. The number of nitrogens with zero attached hydrogens (tertiary/aromatic N) is 1. The van der Waals surface area contributed by atoms with E-state index in [-0.39, 0.29) is 12.5 Å². The first-order chi connectivity index (χ1) is 15.4. The largest absolute Gasteiger partial charge is 0.489 e. The third-order valence-corrected chi connectivity index (χ3v) is 5.04. The fraction of sp³-hybridized carbons (Fsp3) is 0.259. The van der Waals surface area contributed by atoms with E-state index in [0.717, 1.165) is 22.4 Å². The standard InChI is InChI=1S/C27H30N2O3/c1-19(2)26-14-13-25(15-21(26)4)32-18-27(30)29-28-16-22-9-11-24(12-10-22)31-17-23-7-5-20(3)6-8-23/h5-16,19H,17-18H2,1-4H3,(H,29,30)/b28-16+. The van der Waals surface area contributed by atoms with Crippen molar-refractivity contribution in [3.63, 3.8) is 0 Å². The van der Waals surface area contributed by atoms with Crippen LogP contribution in [0.5, 0.6) is 11.5 Å². The van der Waals surface area contributed by atoms with E-state index in [1.165, 1.54) is 11.1 Å². The number of hydrogen-bond donors (Lipinski definition) is 1. The Balaban J connectivity index is 1.42. The molecule has 0 aliphatic rings. The molecule has 0 aromatic heterocycles. The number of amides is 1. The molecular formula is C27H30N2O3. The fourth-order valence-corrected chi connectivity index (χ4v) is 3.25. The number of hydrazone groups is 1. The van der Waals surface area contributed by atoms with Crippen molar-refractivity contribution in [1.82, 2.24) is 5.43 Å². The summed E-state index contributed by atoms with van der Waals surface area (Å²) in [6, 6.07) is 21.7. The molecule has 0 heterocycles. The van der Waals surface area contributed by atoms with Gasteiger partial charge in [0, 0.05) is 0 Å². The number of carbonyl (C=O) groups excluding carboxylic acids is 1. The minimum atomic E-state index is -0.315. The molecule has 3 rings (SSSR count). The van der Waals surface area contributed by atoms with E-state index in [2.05, 4.69) is 55.6 Å². The Hall–Kier alpha value is -3.60. The molecule has 0 bridgehead atoms. The SMILES string of the molecule is Cc1ccc(COc2ccc(/C=N/NC(=O)COc3ccc(C(C)C)c(C)c3)cc2)cc1. The molecule has 0 aliphatic carbocycles. The molecule has 0 atom stereocenters. The maximum Gasteiger partial charge on any atom is 0.277 e. The average molecular weight is 431 g/mol. The van der Waals surface area contributed by atoms with Crippen LogP contribution < -0.4 is 14.9 Å². The zero-order chi connectivity index (χ0) is 22.9. The molecule has 5 heteroatoms. The molecule has 0 saturated heterocycles. The molecule has 1 N–H and O–H groups in total. The van der Waals surface area contributed by atoms with Gasteiger partial charge in [0.15, 0.2) is 6.61 Å². The van der Waals surface area contributed by atoms with Crippen molar-refractivity contribution >= 4 is 12.1 Å². The second kappa shape index (κ2) is 11.1. The number of aryl methyl sites for hydroxylation is 2. The Labute approximate surface area is 190 Å². The summed E-state index contributed by atoms with van der Waals surface area (Å²) >= 11 is 0. The summed E-state index contributed by atoms with van der Waals surface area (Å²) in [5.41, 5.74) is 8.12. The van der Waals surface area contributed by atoms with Gasteiger partial charge in [-0.15, -0.1) is 0 Å². The smallest absolute Gasteiger partial charge is 0.277 e. The highest BCUT2D eigenvalue weighted by Gasteiger charge is 2.06. The van der Waals surface area contributed by atoms with Crippen LogP contribution in [0.15, 0.2) is 71.8 Å². The molecule has 1 amide bonds. The Bertz CT molecular complexity index is 1060. The summed E-state index contributed by atoms with van der Waals surface area (Å²) < 4.78 is 11.4. The fourth-order valence-electron chi connectivity index (χ4n) is 3.25. The molecule has 0 spiro atoms. The van der Waals surface area contributed by atoms with Gasteiger partial charge in [0.2, 0.25) is 0 Å². The Morgan fingerprint density at radius 2 is 1.62 bits per heavy atom. The molecule has 0 fully saturated rings. The molecule has 3 aromatic rings. The van der Waals surface area contributed by atoms with Crippen molar-refractivity contribution in [1.29, 1.82) is 0 Å². The van der Waals surface area contributed by atoms with E-state index in [0.29, 0.717) is 18.3 Å². The van der Waals surface area contributed by atoms with Crippen molar-refractivity contribution in [2.24, 2.45) is 5.10 Å². The number of benzene rings is 3. The lowest BCUT2D eigenvalue weighted by Crippen LogP contribution is -2.24. The van der Waals surface area contributed by atoms with Crippen LogP contribution >= 0.6 is 0 Å². The van der Waals surface area contributed by atoms with Crippen molar-refractivity contribution in [3.05, 3.63) is 94.5 Å². The highest BCUT2D eigenvalue weighted by atomic mass is 16.5. The summed E-state index contributed by atoms with van der Waals surface area (Å²) in [5, 5.41) is 3.99. The van der Waals surface area contributed by atoms with Gasteiger partial charge in [-0.2, -0.15) is 5.10 Å². The summed E-state index contributed by atoms with van der Waals surface area (Å²) in [6.45, 7) is 8.84. The van der Waals surface area contributed by atoms with Gasteiger partial charge in [-0.3, -0.25) is 4.79 Å². The van der Waals surface area contributed by atoms with Crippen LogP contribution in [0, 0.1) is 13.8 Å². The quantitative estimate of drug-likeness (QED) is 0.358. The second-order valence-corrected chi connectivity index (χ2v) is 8.10. The van der Waals surface area contributed by atoms with Gasteiger partial charge >= 0.3 is 0 Å². The Kier molecular flexibility index (Phi) is 8.03. The molecule has 32 heavy (non-hydrogen) atoms. The Morgan fingerprint density at radius 3 is 2.28 bits per heavy atom. The van der Waals surface area contributed by atoms with Crippen LogP contribution in [0.3, 0.4) is 0 Å². The topological polar surface area (TPSA) is 59.9 Å². The highest BCUT2D eigenvalue weighted by molar-refractivity contribution is 5.83. The minimum absolute atomic E-state index is 0.0937. The number of ether oxygens (including phenoxy) is 2. The first kappa shape index (κ1) is 23.1. The molecule has 5 nitrogen and oxygen atoms in total. The monoisotopic (exact) mass is 430 g/mol. The lowest BCUT2D eigenvalue weighted by atomic mass is 9.98. The van der Waals surface area contributed by atoms with Crippen molar-refractivity contribution in [2.75, 3.05) is 6.61 Å². The molecular weight excluding hydrogens is 400 g/mol. The maximum absolute atomic E-state index is 12.0. The van der Waals surface area contributed by atoms with Gasteiger partial charge in [-0.05, 0) is 78.4 Å². The van der Waals surface area contributed by atoms with E-state index >= 15 is 0 Å². The summed E-state index contributed by atoms with van der Waals surface area (Å²) in [5.74, 6) is 1.59. The van der Waals surface area contributed by atoms with Crippen LogP contribution in [-0.2, 0) is 11.4 Å². The number of nitrogens with one attached hydrogen (secondary N) is 1. The number of carbonyl (C=O) groups is 1. The second-order valence-electron chi connectivity index (χ2n) is 8.10. The molecule has 3 aromatic carbocycles. The third kappa shape index (κ3) is 6.98. The van der Waals surface area contributed by atoms with Crippen molar-refractivity contribution in [3.8, 4) is 11.5 Å². The zero-order valence-corrected chi connectivity index (χ0v) is 19.1. The van der Waals surface area contributed by atoms with Gasteiger partial charge in [0.05, 0.1) is 6.21 Å². The van der Waals surface area contributed by atoms with Crippen molar-refractivity contribution in [2.45, 2.75) is 40.2 Å². The first-order valence-electron chi connectivity index (χ1n) is 10.7. The normalized spacial score (nSPS) is 11.0. The van der Waals surface area contributed by atoms with Crippen LogP contribution in [-0.4, -0.2) is 18.7 Å². The lowest BCUT2D eigenvalue weighted by molar-refractivity contribution is -0.123. The van der Waals surface area contributed by atoms with Crippen LogP contribution in [0.4, 0.5) is 0 Å². The number of rotatable bonds is 9. The molecule has 0 unspecified atom stereocenters. The van der Waals surface area contributed by atoms with Gasteiger partial charge in [-0.25, -0.2) is 5.43 Å². The molecule has 0 saturated carbocycles. The van der Waals surface area contributed by atoms with E-state index in [9.17, 15) is 4.79 Å².